The molecule has 0 saturated heterocycles. The molecule has 0 aliphatic heterocycles. The zero-order valence-electron chi connectivity index (χ0n) is 11.7. The van der Waals surface area contributed by atoms with Crippen molar-refractivity contribution in [2.45, 2.75) is 39.7 Å². The molecule has 0 saturated carbocycles. The SMILES string of the molecule is CCNC(C)c1ccc(C)cc1OCCCCO. The highest BCUT2D eigenvalue weighted by Gasteiger charge is 2.10. The summed E-state index contributed by atoms with van der Waals surface area (Å²) in [6.45, 7) is 8.16. The largest absolute Gasteiger partial charge is 0.493 e. The Morgan fingerprint density at radius 2 is 2.11 bits per heavy atom. The molecule has 2 N–H and O–H groups in total. The maximum Gasteiger partial charge on any atom is 0.124 e. The number of aliphatic hydroxyl groups excluding tert-OH is 1. The van der Waals surface area contributed by atoms with Gasteiger partial charge in [0.05, 0.1) is 6.61 Å². The average molecular weight is 251 g/mol. The van der Waals surface area contributed by atoms with E-state index in [4.69, 9.17) is 9.84 Å². The first-order chi connectivity index (χ1) is 8.69. The predicted molar refractivity (Wildman–Crippen MR) is 75.1 cm³/mol. The summed E-state index contributed by atoms with van der Waals surface area (Å²) in [5.41, 5.74) is 2.41. The Kier molecular flexibility index (Phi) is 6.76. The smallest absolute Gasteiger partial charge is 0.124 e. The molecule has 1 atom stereocenters. The van der Waals surface area contributed by atoms with Crippen molar-refractivity contribution in [1.82, 2.24) is 5.32 Å². The molecule has 1 aromatic carbocycles. The summed E-state index contributed by atoms with van der Waals surface area (Å²) in [6, 6.07) is 6.62. The van der Waals surface area contributed by atoms with Crippen molar-refractivity contribution in [3.05, 3.63) is 29.3 Å². The molecule has 3 nitrogen and oxygen atoms in total. The summed E-state index contributed by atoms with van der Waals surface area (Å²) < 4.78 is 5.84. The fourth-order valence-corrected chi connectivity index (χ4v) is 1.94. The van der Waals surface area contributed by atoms with Crippen molar-refractivity contribution in [3.8, 4) is 5.75 Å². The highest BCUT2D eigenvalue weighted by molar-refractivity contribution is 5.39. The van der Waals surface area contributed by atoms with Gasteiger partial charge in [-0.2, -0.15) is 0 Å². The highest BCUT2D eigenvalue weighted by Crippen LogP contribution is 2.26. The molecule has 1 unspecified atom stereocenters. The van der Waals surface area contributed by atoms with Gasteiger partial charge in [-0.05, 0) is 44.9 Å². The lowest BCUT2D eigenvalue weighted by molar-refractivity contribution is 0.251. The first-order valence-corrected chi connectivity index (χ1v) is 6.76. The van der Waals surface area contributed by atoms with Gasteiger partial charge in [-0.3, -0.25) is 0 Å². The Morgan fingerprint density at radius 1 is 1.33 bits per heavy atom. The normalized spacial score (nSPS) is 12.4. The van der Waals surface area contributed by atoms with Crippen LogP contribution in [0.3, 0.4) is 0 Å². The Morgan fingerprint density at radius 3 is 2.78 bits per heavy atom. The van der Waals surface area contributed by atoms with Gasteiger partial charge >= 0.3 is 0 Å². The summed E-state index contributed by atoms with van der Waals surface area (Å²) in [5, 5.41) is 12.2. The molecule has 102 valence electrons. The molecule has 0 aromatic heterocycles. The molecule has 0 radical (unpaired) electrons. The molecule has 0 amide bonds. The van der Waals surface area contributed by atoms with Gasteiger partial charge in [-0.25, -0.2) is 0 Å². The summed E-state index contributed by atoms with van der Waals surface area (Å²) in [7, 11) is 0. The van der Waals surface area contributed by atoms with Gasteiger partial charge < -0.3 is 15.2 Å². The summed E-state index contributed by atoms with van der Waals surface area (Å²) in [5.74, 6) is 0.960. The number of aryl methyl sites for hydroxylation is 1. The van der Waals surface area contributed by atoms with E-state index in [1.54, 1.807) is 0 Å². The molecule has 1 rings (SSSR count). The first kappa shape index (κ1) is 15.0. The van der Waals surface area contributed by atoms with E-state index in [1.807, 2.05) is 0 Å². The lowest BCUT2D eigenvalue weighted by Crippen LogP contribution is -2.18. The number of ether oxygens (including phenoxy) is 1. The zero-order valence-corrected chi connectivity index (χ0v) is 11.7. The molecule has 0 spiro atoms. The van der Waals surface area contributed by atoms with Crippen molar-refractivity contribution in [1.29, 1.82) is 0 Å². The summed E-state index contributed by atoms with van der Waals surface area (Å²) >= 11 is 0. The average Bonchev–Trinajstić information content (AvgIpc) is 2.35. The minimum absolute atomic E-state index is 0.234. The molecule has 0 aliphatic rings. The topological polar surface area (TPSA) is 41.5 Å². The number of benzene rings is 1. The van der Waals surface area contributed by atoms with E-state index < -0.39 is 0 Å². The molecule has 3 heteroatoms. The number of rotatable bonds is 8. The van der Waals surface area contributed by atoms with Gasteiger partial charge in [-0.15, -0.1) is 0 Å². The van der Waals surface area contributed by atoms with Crippen LogP contribution in [0.15, 0.2) is 18.2 Å². The van der Waals surface area contributed by atoms with E-state index in [0.29, 0.717) is 12.6 Å². The zero-order chi connectivity index (χ0) is 13.4. The summed E-state index contributed by atoms with van der Waals surface area (Å²) in [6.07, 6.45) is 1.68. The Bertz CT molecular complexity index is 352. The van der Waals surface area contributed by atoms with E-state index in [2.05, 4.69) is 44.3 Å². The van der Waals surface area contributed by atoms with Crippen LogP contribution in [0.5, 0.6) is 5.75 Å². The maximum atomic E-state index is 8.75. The molecular weight excluding hydrogens is 226 g/mol. The van der Waals surface area contributed by atoms with Crippen LogP contribution in [0.1, 0.15) is 43.9 Å². The third-order valence-electron chi connectivity index (χ3n) is 2.96. The van der Waals surface area contributed by atoms with Crippen molar-refractivity contribution < 1.29 is 9.84 Å². The van der Waals surface area contributed by atoms with Gasteiger partial charge in [0.2, 0.25) is 0 Å². The molecular formula is C15H25NO2. The Hall–Kier alpha value is -1.06. The third-order valence-corrected chi connectivity index (χ3v) is 2.96. The van der Waals surface area contributed by atoms with Crippen LogP contribution in [0.4, 0.5) is 0 Å². The van der Waals surface area contributed by atoms with Gasteiger partial charge in [0.15, 0.2) is 0 Å². The quantitative estimate of drug-likeness (QED) is 0.698. The monoisotopic (exact) mass is 251 g/mol. The number of nitrogens with one attached hydrogen (secondary N) is 1. The van der Waals surface area contributed by atoms with Crippen molar-refractivity contribution >= 4 is 0 Å². The van der Waals surface area contributed by atoms with Crippen molar-refractivity contribution in [2.24, 2.45) is 0 Å². The molecule has 1 aromatic rings. The second-order valence-corrected chi connectivity index (χ2v) is 4.60. The maximum absolute atomic E-state index is 8.75. The van der Waals surface area contributed by atoms with Crippen molar-refractivity contribution in [3.63, 3.8) is 0 Å². The predicted octanol–water partition coefficient (Wildman–Crippen LogP) is 2.82. The van der Waals surface area contributed by atoms with E-state index in [-0.39, 0.29) is 6.61 Å². The Labute approximate surface area is 110 Å². The standard InChI is InChI=1S/C15H25NO2/c1-4-16-13(3)14-8-7-12(2)11-15(14)18-10-6-5-9-17/h7-8,11,13,16-17H,4-6,9-10H2,1-3H3. The number of unbranched alkanes of at least 4 members (excludes halogenated alkanes) is 1. The van der Waals surface area contributed by atoms with Crippen LogP contribution >= 0.6 is 0 Å². The summed E-state index contributed by atoms with van der Waals surface area (Å²) in [4.78, 5) is 0. The molecule has 0 aliphatic carbocycles. The van der Waals surface area contributed by atoms with Crippen LogP contribution < -0.4 is 10.1 Å². The van der Waals surface area contributed by atoms with Crippen LogP contribution in [0, 0.1) is 6.92 Å². The molecule has 0 fully saturated rings. The molecule has 0 bridgehead atoms. The highest BCUT2D eigenvalue weighted by atomic mass is 16.5. The number of hydrogen-bond donors (Lipinski definition) is 2. The van der Waals surface area contributed by atoms with Crippen molar-refractivity contribution in [2.75, 3.05) is 19.8 Å². The number of hydrogen-bond acceptors (Lipinski definition) is 3. The third kappa shape index (κ3) is 4.67. The second-order valence-electron chi connectivity index (χ2n) is 4.60. The number of aliphatic hydroxyl groups is 1. The van der Waals surface area contributed by atoms with E-state index in [0.717, 1.165) is 25.1 Å². The van der Waals surface area contributed by atoms with E-state index >= 15 is 0 Å². The lowest BCUT2D eigenvalue weighted by Gasteiger charge is -2.18. The Balaban J connectivity index is 2.70. The minimum atomic E-state index is 0.234. The second kappa shape index (κ2) is 8.11. The molecule has 18 heavy (non-hydrogen) atoms. The minimum Gasteiger partial charge on any atom is -0.493 e. The first-order valence-electron chi connectivity index (χ1n) is 6.76. The van der Waals surface area contributed by atoms with Crippen LogP contribution in [-0.2, 0) is 0 Å². The fraction of sp³-hybridized carbons (Fsp3) is 0.600. The molecule has 0 heterocycles. The van der Waals surface area contributed by atoms with E-state index in [1.165, 1.54) is 11.1 Å². The lowest BCUT2D eigenvalue weighted by atomic mass is 10.0. The van der Waals surface area contributed by atoms with Gasteiger partial charge in [0, 0.05) is 18.2 Å². The van der Waals surface area contributed by atoms with Gasteiger partial charge in [0.1, 0.15) is 5.75 Å². The van der Waals surface area contributed by atoms with Crippen LogP contribution in [0.25, 0.3) is 0 Å². The fourth-order valence-electron chi connectivity index (χ4n) is 1.94. The van der Waals surface area contributed by atoms with E-state index in [9.17, 15) is 0 Å². The van der Waals surface area contributed by atoms with Gasteiger partial charge in [-0.1, -0.05) is 19.1 Å². The van der Waals surface area contributed by atoms with Crippen LogP contribution in [0.2, 0.25) is 0 Å². The van der Waals surface area contributed by atoms with Crippen LogP contribution in [-0.4, -0.2) is 24.9 Å². The van der Waals surface area contributed by atoms with Gasteiger partial charge in [0.25, 0.3) is 0 Å².